The summed E-state index contributed by atoms with van der Waals surface area (Å²) < 4.78 is 4.24. The van der Waals surface area contributed by atoms with Crippen molar-refractivity contribution in [3.63, 3.8) is 0 Å². The van der Waals surface area contributed by atoms with Crippen LogP contribution in [0.25, 0.3) is 5.69 Å². The Morgan fingerprint density at radius 2 is 1.85 bits per heavy atom. The quantitative estimate of drug-likeness (QED) is 0.776. The smallest absolute Gasteiger partial charge is 0.195 e. The molecule has 4 heteroatoms. The number of aromatic nitrogens is 2. The monoisotopic (exact) mass is 269 g/mol. The summed E-state index contributed by atoms with van der Waals surface area (Å²) in [6.45, 7) is 4.39. The van der Waals surface area contributed by atoms with Gasteiger partial charge in [0.25, 0.3) is 0 Å². The molecule has 0 amide bonds. The van der Waals surface area contributed by atoms with Gasteiger partial charge in [0, 0.05) is 36.8 Å². The first-order valence-electron chi connectivity index (χ1n) is 6.91. The Morgan fingerprint density at radius 3 is 2.45 bits per heavy atom. The first-order chi connectivity index (χ1) is 9.59. The Labute approximate surface area is 120 Å². The number of rotatable bonds is 2. The highest BCUT2D eigenvalue weighted by Crippen LogP contribution is 2.29. The summed E-state index contributed by atoms with van der Waals surface area (Å²) in [4.78, 5) is 4.52. The van der Waals surface area contributed by atoms with Crippen LogP contribution in [0.1, 0.15) is 12.5 Å². The normalized spacial score (nSPS) is 18.1. The largest absolute Gasteiger partial charge is 0.359 e. The number of aryl methyl sites for hydroxylation is 1. The number of anilines is 1. The van der Waals surface area contributed by atoms with Gasteiger partial charge in [0.1, 0.15) is 11.9 Å². The third kappa shape index (κ3) is 1.88. The van der Waals surface area contributed by atoms with Crippen molar-refractivity contribution in [3.05, 3.63) is 54.6 Å². The van der Waals surface area contributed by atoms with E-state index in [1.165, 1.54) is 16.9 Å². The highest BCUT2D eigenvalue weighted by atomic mass is 15.4. The van der Waals surface area contributed by atoms with Crippen molar-refractivity contribution >= 4 is 5.69 Å². The summed E-state index contributed by atoms with van der Waals surface area (Å²) in [5.41, 5.74) is 3.75. The lowest BCUT2D eigenvalue weighted by atomic mass is 10.1. The average molecular weight is 269 g/mol. The van der Waals surface area contributed by atoms with Crippen LogP contribution >= 0.6 is 0 Å². The topological polar surface area (TPSA) is 15.3 Å². The fraction of sp³-hybridized carbons (Fsp3) is 0.312. The second-order valence-electron chi connectivity index (χ2n) is 5.33. The maximum atomic E-state index is 2.31. The molecular formula is C16H21N4+. The minimum Gasteiger partial charge on any atom is -0.359 e. The molecule has 0 fully saturated rings. The molecule has 2 aromatic rings. The molecule has 1 aromatic carbocycles. The van der Waals surface area contributed by atoms with Gasteiger partial charge in [-0.2, -0.15) is 0 Å². The predicted molar refractivity (Wildman–Crippen MR) is 80.5 cm³/mol. The Hall–Kier alpha value is -2.23. The molecule has 1 aromatic heterocycles. The Kier molecular flexibility index (Phi) is 3.01. The van der Waals surface area contributed by atoms with Gasteiger partial charge in [-0.1, -0.05) is 6.07 Å². The number of hydrogen-bond acceptors (Lipinski definition) is 2. The van der Waals surface area contributed by atoms with Crippen LogP contribution in [-0.2, 0) is 7.05 Å². The lowest BCUT2D eigenvalue weighted by Crippen LogP contribution is -2.37. The van der Waals surface area contributed by atoms with Crippen molar-refractivity contribution in [1.82, 2.24) is 9.58 Å². The van der Waals surface area contributed by atoms with E-state index in [-0.39, 0.29) is 0 Å². The number of hydrogen-bond donors (Lipinski definition) is 0. The zero-order valence-electron chi connectivity index (χ0n) is 12.5. The first-order valence-corrected chi connectivity index (χ1v) is 6.91. The van der Waals surface area contributed by atoms with Crippen molar-refractivity contribution in [2.45, 2.75) is 20.0 Å². The van der Waals surface area contributed by atoms with Crippen molar-refractivity contribution in [2.24, 2.45) is 7.05 Å². The molecule has 0 spiro atoms. The van der Waals surface area contributed by atoms with Crippen molar-refractivity contribution < 1.29 is 4.68 Å². The van der Waals surface area contributed by atoms with Gasteiger partial charge in [0.05, 0.1) is 6.20 Å². The van der Waals surface area contributed by atoms with E-state index in [1.807, 2.05) is 0 Å². The SMILES string of the molecule is Cc1c(N2C=CN(C)[C@H]2C)cccc1-n1ccc[n+]1C. The fourth-order valence-corrected chi connectivity index (χ4v) is 2.72. The molecular weight excluding hydrogens is 248 g/mol. The standard InChI is InChI=1S/C16H21N4/c1-13-15(19-12-11-17(3)14(19)2)7-5-8-16(13)20-10-6-9-18(20)4/h5-12,14H,1-4H3/q+1/t14-/m1/s1. The van der Waals surface area contributed by atoms with Gasteiger partial charge in [-0.05, 0) is 26.0 Å². The zero-order chi connectivity index (χ0) is 14.3. The van der Waals surface area contributed by atoms with Gasteiger partial charge in [0.15, 0.2) is 13.2 Å². The molecule has 0 saturated carbocycles. The second-order valence-corrected chi connectivity index (χ2v) is 5.33. The summed E-state index contributed by atoms with van der Waals surface area (Å²) in [6, 6.07) is 8.52. The van der Waals surface area contributed by atoms with E-state index in [0.29, 0.717) is 6.17 Å². The number of nitrogens with zero attached hydrogens (tertiary/aromatic N) is 4. The van der Waals surface area contributed by atoms with Gasteiger partial charge < -0.3 is 9.80 Å². The van der Waals surface area contributed by atoms with E-state index >= 15 is 0 Å². The fourth-order valence-electron chi connectivity index (χ4n) is 2.72. The number of benzene rings is 1. The molecule has 1 aliphatic heterocycles. The van der Waals surface area contributed by atoms with E-state index in [9.17, 15) is 0 Å². The van der Waals surface area contributed by atoms with Crippen LogP contribution in [0.2, 0.25) is 0 Å². The molecule has 0 unspecified atom stereocenters. The van der Waals surface area contributed by atoms with E-state index < -0.39 is 0 Å². The highest BCUT2D eigenvalue weighted by molar-refractivity contribution is 5.63. The Balaban J connectivity index is 2.07. The molecule has 0 radical (unpaired) electrons. The van der Waals surface area contributed by atoms with Crippen LogP contribution in [0.5, 0.6) is 0 Å². The van der Waals surface area contributed by atoms with Crippen molar-refractivity contribution in [1.29, 1.82) is 0 Å². The molecule has 0 N–H and O–H groups in total. The van der Waals surface area contributed by atoms with Gasteiger partial charge >= 0.3 is 0 Å². The molecule has 20 heavy (non-hydrogen) atoms. The van der Waals surface area contributed by atoms with E-state index in [1.54, 1.807) is 0 Å². The minimum absolute atomic E-state index is 0.349. The molecule has 1 atom stereocenters. The molecule has 4 nitrogen and oxygen atoms in total. The van der Waals surface area contributed by atoms with Crippen LogP contribution in [0.4, 0.5) is 5.69 Å². The predicted octanol–water partition coefficient (Wildman–Crippen LogP) is 2.18. The molecule has 0 aliphatic carbocycles. The van der Waals surface area contributed by atoms with Crippen LogP contribution in [0.3, 0.4) is 0 Å². The Bertz CT molecular complexity index is 656. The van der Waals surface area contributed by atoms with Gasteiger partial charge in [-0.3, -0.25) is 0 Å². The van der Waals surface area contributed by atoms with Crippen LogP contribution in [0.15, 0.2) is 49.1 Å². The third-order valence-corrected chi connectivity index (χ3v) is 4.12. The highest BCUT2D eigenvalue weighted by Gasteiger charge is 2.23. The van der Waals surface area contributed by atoms with E-state index in [4.69, 9.17) is 0 Å². The van der Waals surface area contributed by atoms with Crippen LogP contribution in [-0.4, -0.2) is 22.8 Å². The summed E-state index contributed by atoms with van der Waals surface area (Å²) in [5.74, 6) is 0. The third-order valence-electron chi connectivity index (χ3n) is 4.12. The summed E-state index contributed by atoms with van der Waals surface area (Å²) >= 11 is 0. The lowest BCUT2D eigenvalue weighted by Gasteiger charge is -2.28. The Morgan fingerprint density at radius 1 is 1.10 bits per heavy atom. The van der Waals surface area contributed by atoms with E-state index in [0.717, 1.165) is 0 Å². The van der Waals surface area contributed by atoms with Gasteiger partial charge in [-0.25, -0.2) is 0 Å². The molecule has 0 bridgehead atoms. The molecule has 1 aliphatic rings. The van der Waals surface area contributed by atoms with E-state index in [2.05, 4.69) is 96.2 Å². The van der Waals surface area contributed by atoms with Crippen LogP contribution < -0.4 is 9.58 Å². The second kappa shape index (κ2) is 4.71. The molecule has 0 saturated heterocycles. The lowest BCUT2D eigenvalue weighted by molar-refractivity contribution is -0.744. The average Bonchev–Trinajstić information content (AvgIpc) is 2.99. The first kappa shape index (κ1) is 12.8. The minimum atomic E-state index is 0.349. The van der Waals surface area contributed by atoms with Gasteiger partial charge in [0.2, 0.25) is 0 Å². The van der Waals surface area contributed by atoms with Crippen molar-refractivity contribution in [3.8, 4) is 5.69 Å². The molecule has 3 rings (SSSR count). The molecule has 2 heterocycles. The molecule has 104 valence electrons. The van der Waals surface area contributed by atoms with Gasteiger partial charge in [-0.15, -0.1) is 9.36 Å². The van der Waals surface area contributed by atoms with Crippen LogP contribution in [0, 0.1) is 6.92 Å². The maximum Gasteiger partial charge on any atom is 0.195 e. The summed E-state index contributed by atoms with van der Waals surface area (Å²) in [6.07, 6.45) is 8.75. The summed E-state index contributed by atoms with van der Waals surface area (Å²) in [7, 11) is 4.16. The maximum absolute atomic E-state index is 2.31. The van der Waals surface area contributed by atoms with Crippen molar-refractivity contribution in [2.75, 3.05) is 11.9 Å². The summed E-state index contributed by atoms with van der Waals surface area (Å²) in [5, 5.41) is 0. The zero-order valence-corrected chi connectivity index (χ0v) is 12.5.